The first-order valence-electron chi connectivity index (χ1n) is 14.2. The fourth-order valence-electron chi connectivity index (χ4n) is 3.70. The highest BCUT2D eigenvalue weighted by atomic mass is 31.2. The molecule has 4 N–H and O–H groups in total. The summed E-state index contributed by atoms with van der Waals surface area (Å²) in [5.74, 6) is 0. The first-order valence-corrected chi connectivity index (χ1v) is 15.7. The van der Waals surface area contributed by atoms with Gasteiger partial charge in [-0.3, -0.25) is 9.05 Å². The number of hydrogen-bond donors (Lipinski definition) is 4. The lowest BCUT2D eigenvalue weighted by atomic mass is 10.1. The predicted molar refractivity (Wildman–Crippen MR) is 145 cm³/mol. The van der Waals surface area contributed by atoms with E-state index in [1.165, 1.54) is 96.3 Å². The van der Waals surface area contributed by atoms with Gasteiger partial charge in [-0.15, -0.1) is 0 Å². The summed E-state index contributed by atoms with van der Waals surface area (Å²) in [7, 11) is -4.38. The van der Waals surface area contributed by atoms with E-state index in [0.717, 1.165) is 12.8 Å². The summed E-state index contributed by atoms with van der Waals surface area (Å²) in [6.07, 6.45) is 24.1. The van der Waals surface area contributed by atoms with Crippen LogP contribution in [0.25, 0.3) is 0 Å². The first kappa shape index (κ1) is 35.7. The average Bonchev–Trinajstić information content (AvgIpc) is 2.87. The molecule has 0 saturated heterocycles. The van der Waals surface area contributed by atoms with Crippen LogP contribution in [0.2, 0.25) is 0 Å². The number of aliphatic hydroxyl groups excluding tert-OH is 3. The lowest BCUT2D eigenvalue weighted by Crippen LogP contribution is -2.23. The van der Waals surface area contributed by atoms with Gasteiger partial charge in [0.1, 0.15) is 12.2 Å². The Bertz CT molecular complexity index is 532. The van der Waals surface area contributed by atoms with E-state index in [1.54, 1.807) is 0 Å². The molecule has 0 aliphatic rings. The van der Waals surface area contributed by atoms with Crippen LogP contribution in [0, 0.1) is 0 Å². The van der Waals surface area contributed by atoms with Gasteiger partial charge in [-0.25, -0.2) is 4.57 Å². The summed E-state index contributed by atoms with van der Waals surface area (Å²) in [4.78, 5) is 9.42. The highest BCUT2D eigenvalue weighted by Crippen LogP contribution is 2.43. The van der Waals surface area contributed by atoms with Gasteiger partial charge in [-0.2, -0.15) is 0 Å². The molecule has 8 nitrogen and oxygen atoms in total. The molecule has 0 rings (SSSR count). The van der Waals surface area contributed by atoms with Gasteiger partial charge in [-0.1, -0.05) is 96.1 Å². The lowest BCUT2D eigenvalue weighted by molar-refractivity contribution is -0.00437. The topological polar surface area (TPSA) is 126 Å². The minimum Gasteiger partial charge on any atom is -0.394 e. The molecule has 0 saturated carbocycles. The molecule has 0 bridgehead atoms. The third-order valence-corrected chi connectivity index (χ3v) is 6.88. The molecule has 0 fully saturated rings. The molecule has 0 aliphatic carbocycles. The molecule has 36 heavy (non-hydrogen) atoms. The summed E-state index contributed by atoms with van der Waals surface area (Å²) in [6.45, 7) is 1.25. The molecule has 0 amide bonds. The summed E-state index contributed by atoms with van der Waals surface area (Å²) in [6, 6.07) is 0. The zero-order chi connectivity index (χ0) is 26.7. The minimum atomic E-state index is -4.38. The summed E-state index contributed by atoms with van der Waals surface area (Å²) < 4.78 is 26.1. The van der Waals surface area contributed by atoms with Crippen LogP contribution < -0.4 is 0 Å². The average molecular weight is 539 g/mol. The van der Waals surface area contributed by atoms with Crippen molar-refractivity contribution in [2.75, 3.05) is 33.0 Å². The third kappa shape index (κ3) is 26.7. The van der Waals surface area contributed by atoms with Crippen LogP contribution in [0.3, 0.4) is 0 Å². The number of unbranched alkanes of at least 4 members (excludes halogenated alkanes) is 15. The molecule has 0 spiro atoms. The van der Waals surface area contributed by atoms with E-state index in [0.29, 0.717) is 6.61 Å². The van der Waals surface area contributed by atoms with Gasteiger partial charge in [0.15, 0.2) is 0 Å². The third-order valence-electron chi connectivity index (χ3n) is 5.93. The molecule has 9 heteroatoms. The number of hydrogen-bond acceptors (Lipinski definition) is 7. The Morgan fingerprint density at radius 1 is 0.667 bits per heavy atom. The van der Waals surface area contributed by atoms with Crippen molar-refractivity contribution in [3.05, 3.63) is 12.2 Å². The highest BCUT2D eigenvalue weighted by molar-refractivity contribution is 7.47. The molecule has 0 radical (unpaired) electrons. The second kappa shape index (κ2) is 26.3. The van der Waals surface area contributed by atoms with Crippen molar-refractivity contribution in [2.45, 2.75) is 128 Å². The number of phosphoric ester groups is 1. The van der Waals surface area contributed by atoms with Crippen molar-refractivity contribution in [1.29, 1.82) is 0 Å². The van der Waals surface area contributed by atoms with Crippen LogP contribution >= 0.6 is 7.82 Å². The number of phosphoric acid groups is 1. The van der Waals surface area contributed by atoms with E-state index in [2.05, 4.69) is 28.1 Å². The number of allylic oxidation sites excluding steroid dienone is 2. The highest BCUT2D eigenvalue weighted by Gasteiger charge is 2.24. The van der Waals surface area contributed by atoms with Crippen LogP contribution in [0.15, 0.2) is 12.2 Å². The van der Waals surface area contributed by atoms with E-state index in [1.807, 2.05) is 0 Å². The second-order valence-corrected chi connectivity index (χ2v) is 11.1. The summed E-state index contributed by atoms with van der Waals surface area (Å²) in [5.41, 5.74) is 0. The monoisotopic (exact) mass is 538 g/mol. The normalized spacial score (nSPS) is 15.4. The fraction of sp³-hybridized carbons (Fsp3) is 0.926. The smallest absolute Gasteiger partial charge is 0.394 e. The van der Waals surface area contributed by atoms with Crippen LogP contribution in [-0.4, -0.2) is 65.5 Å². The van der Waals surface area contributed by atoms with Gasteiger partial charge in [0.2, 0.25) is 0 Å². The zero-order valence-corrected chi connectivity index (χ0v) is 23.6. The Balaban J connectivity index is 3.35. The molecule has 0 aromatic heterocycles. The predicted octanol–water partition coefficient (Wildman–Crippen LogP) is 6.06. The molecule has 216 valence electrons. The van der Waals surface area contributed by atoms with Crippen molar-refractivity contribution < 1.29 is 38.6 Å². The van der Waals surface area contributed by atoms with E-state index in [4.69, 9.17) is 14.9 Å². The van der Waals surface area contributed by atoms with Gasteiger partial charge in [-0.05, 0) is 32.1 Å². The zero-order valence-electron chi connectivity index (χ0n) is 22.7. The van der Waals surface area contributed by atoms with Crippen molar-refractivity contribution in [2.24, 2.45) is 0 Å². The van der Waals surface area contributed by atoms with E-state index >= 15 is 0 Å². The SMILES string of the molecule is CCCCCCCCC/C=C\CCCCCCCCCCOCC(O)COP(=O)(O)OCC(O)CO. The van der Waals surface area contributed by atoms with Crippen molar-refractivity contribution in [3.63, 3.8) is 0 Å². The fourth-order valence-corrected chi connectivity index (χ4v) is 4.50. The molecular formula is C27H55O8P. The number of aliphatic hydroxyl groups is 3. The van der Waals surface area contributed by atoms with Crippen molar-refractivity contribution in [1.82, 2.24) is 0 Å². The second-order valence-electron chi connectivity index (χ2n) is 9.62. The van der Waals surface area contributed by atoms with Gasteiger partial charge >= 0.3 is 7.82 Å². The Labute approximate surface area is 220 Å². The van der Waals surface area contributed by atoms with Crippen molar-refractivity contribution >= 4 is 7.82 Å². The molecule has 0 aromatic carbocycles. The quantitative estimate of drug-likeness (QED) is 0.0538. The molecule has 3 atom stereocenters. The van der Waals surface area contributed by atoms with E-state index < -0.39 is 39.9 Å². The lowest BCUT2D eigenvalue weighted by Gasteiger charge is -2.16. The number of ether oxygens (including phenoxy) is 1. The van der Waals surface area contributed by atoms with Crippen LogP contribution in [0.4, 0.5) is 0 Å². The van der Waals surface area contributed by atoms with E-state index in [-0.39, 0.29) is 6.61 Å². The summed E-state index contributed by atoms with van der Waals surface area (Å²) >= 11 is 0. The Kier molecular flexibility index (Phi) is 26.1. The largest absolute Gasteiger partial charge is 0.472 e. The maximum atomic E-state index is 11.6. The van der Waals surface area contributed by atoms with Crippen molar-refractivity contribution in [3.8, 4) is 0 Å². The van der Waals surface area contributed by atoms with Gasteiger partial charge < -0.3 is 24.9 Å². The Morgan fingerprint density at radius 2 is 1.11 bits per heavy atom. The Morgan fingerprint density at radius 3 is 1.61 bits per heavy atom. The maximum Gasteiger partial charge on any atom is 0.472 e. The summed E-state index contributed by atoms with van der Waals surface area (Å²) in [5, 5.41) is 27.5. The Hall–Kier alpha value is -0.310. The van der Waals surface area contributed by atoms with Crippen LogP contribution in [0.1, 0.15) is 116 Å². The molecule has 3 unspecified atom stereocenters. The molecule has 0 heterocycles. The standard InChI is InChI=1S/C27H55O8P/c1-2-3-4-5-6-7-8-9-10-11-12-13-14-15-16-17-18-19-20-21-33-23-27(30)25-35-36(31,32)34-24-26(29)22-28/h10-11,26-30H,2-9,12-25H2,1H3,(H,31,32)/b11-10-. The van der Waals surface area contributed by atoms with Crippen LogP contribution in [-0.2, 0) is 18.3 Å². The molecule has 0 aliphatic heterocycles. The van der Waals surface area contributed by atoms with Gasteiger partial charge in [0.05, 0.1) is 26.4 Å². The molecule has 0 aromatic rings. The minimum absolute atomic E-state index is 0.00670. The maximum absolute atomic E-state index is 11.6. The molecular weight excluding hydrogens is 483 g/mol. The van der Waals surface area contributed by atoms with E-state index in [9.17, 15) is 14.6 Å². The van der Waals surface area contributed by atoms with Gasteiger partial charge in [0.25, 0.3) is 0 Å². The van der Waals surface area contributed by atoms with Crippen LogP contribution in [0.5, 0.6) is 0 Å². The number of rotatable bonds is 28. The van der Waals surface area contributed by atoms with Gasteiger partial charge in [0, 0.05) is 6.61 Å². The first-order chi connectivity index (χ1) is 17.4.